The summed E-state index contributed by atoms with van der Waals surface area (Å²) in [6, 6.07) is 0. The van der Waals surface area contributed by atoms with Gasteiger partial charge in [0.1, 0.15) is 11.5 Å². The molecule has 1 spiro atoms. The average molecular weight is 303 g/mol. The fourth-order valence-electron chi connectivity index (χ4n) is 3.91. The number of carboxylic acid groups (broad SMARTS) is 1. The highest BCUT2D eigenvalue weighted by Gasteiger charge is 2.66. The SMILES string of the molecule is O=C(O)[C@@H]1[C@@H]2C=C[C@]3(CN(CCCn4ccnc4)C(=O)[C@H]13)O2. The van der Waals surface area contributed by atoms with E-state index in [-0.39, 0.29) is 5.91 Å². The van der Waals surface area contributed by atoms with Gasteiger partial charge in [0.05, 0.1) is 24.9 Å². The van der Waals surface area contributed by atoms with E-state index in [0.29, 0.717) is 13.1 Å². The van der Waals surface area contributed by atoms with Crippen molar-refractivity contribution in [2.24, 2.45) is 11.8 Å². The molecule has 2 bridgehead atoms. The fourth-order valence-corrected chi connectivity index (χ4v) is 3.91. The zero-order valence-corrected chi connectivity index (χ0v) is 12.0. The van der Waals surface area contributed by atoms with E-state index in [4.69, 9.17) is 4.74 Å². The molecule has 116 valence electrons. The van der Waals surface area contributed by atoms with Crippen molar-refractivity contribution in [3.8, 4) is 0 Å². The van der Waals surface area contributed by atoms with Crippen molar-refractivity contribution in [1.82, 2.24) is 14.5 Å². The Hall–Kier alpha value is -2.15. The van der Waals surface area contributed by atoms with E-state index in [1.54, 1.807) is 23.5 Å². The number of aromatic nitrogens is 2. The number of carbonyl (C=O) groups is 2. The highest BCUT2D eigenvalue weighted by molar-refractivity contribution is 5.90. The van der Waals surface area contributed by atoms with Gasteiger partial charge in [0.25, 0.3) is 0 Å². The van der Waals surface area contributed by atoms with Crippen LogP contribution in [0.15, 0.2) is 30.9 Å². The topological polar surface area (TPSA) is 84.7 Å². The molecule has 1 aromatic heterocycles. The number of ether oxygens (including phenoxy) is 1. The highest BCUT2D eigenvalue weighted by atomic mass is 16.5. The molecule has 4 heterocycles. The summed E-state index contributed by atoms with van der Waals surface area (Å²) in [5.41, 5.74) is -0.722. The maximum Gasteiger partial charge on any atom is 0.310 e. The number of hydrogen-bond acceptors (Lipinski definition) is 4. The van der Waals surface area contributed by atoms with Gasteiger partial charge >= 0.3 is 5.97 Å². The molecule has 1 amide bonds. The summed E-state index contributed by atoms with van der Waals surface area (Å²) in [5, 5.41) is 9.39. The quantitative estimate of drug-likeness (QED) is 0.782. The number of imidazole rings is 1. The van der Waals surface area contributed by atoms with E-state index in [0.717, 1.165) is 13.0 Å². The molecule has 3 aliphatic rings. The fraction of sp³-hybridized carbons (Fsp3) is 0.533. The van der Waals surface area contributed by atoms with Gasteiger partial charge in [-0.3, -0.25) is 9.59 Å². The van der Waals surface area contributed by atoms with Gasteiger partial charge in [-0.25, -0.2) is 4.98 Å². The van der Waals surface area contributed by atoms with E-state index < -0.39 is 29.5 Å². The van der Waals surface area contributed by atoms with Crippen LogP contribution in [0.5, 0.6) is 0 Å². The van der Waals surface area contributed by atoms with E-state index in [1.165, 1.54) is 0 Å². The van der Waals surface area contributed by atoms with Gasteiger partial charge in [0.15, 0.2) is 0 Å². The number of carbonyl (C=O) groups excluding carboxylic acids is 1. The third kappa shape index (κ3) is 1.81. The first-order chi connectivity index (χ1) is 10.6. The van der Waals surface area contributed by atoms with Crippen LogP contribution in [0.3, 0.4) is 0 Å². The summed E-state index contributed by atoms with van der Waals surface area (Å²) in [6.45, 7) is 1.84. The molecule has 7 nitrogen and oxygen atoms in total. The molecule has 2 saturated heterocycles. The number of aryl methyl sites for hydroxylation is 1. The minimum absolute atomic E-state index is 0.0927. The van der Waals surface area contributed by atoms with Crippen LogP contribution in [-0.2, 0) is 20.9 Å². The van der Waals surface area contributed by atoms with Crippen LogP contribution < -0.4 is 0 Å². The molecular formula is C15H17N3O4. The smallest absolute Gasteiger partial charge is 0.310 e. The van der Waals surface area contributed by atoms with Gasteiger partial charge in [-0.1, -0.05) is 12.2 Å². The second kappa shape index (κ2) is 4.67. The third-order valence-corrected chi connectivity index (χ3v) is 4.87. The molecule has 0 aliphatic carbocycles. The first kappa shape index (κ1) is 13.5. The summed E-state index contributed by atoms with van der Waals surface area (Å²) < 4.78 is 7.80. The average Bonchev–Trinajstić information content (AvgIpc) is 3.22. The molecule has 2 fully saturated rings. The Morgan fingerprint density at radius 2 is 2.36 bits per heavy atom. The van der Waals surface area contributed by atoms with Crippen molar-refractivity contribution in [2.45, 2.75) is 24.7 Å². The van der Waals surface area contributed by atoms with Gasteiger partial charge in [0.2, 0.25) is 5.91 Å². The lowest BCUT2D eigenvalue weighted by Gasteiger charge is -2.21. The predicted octanol–water partition coefficient (Wildman–Crippen LogP) is 0.140. The predicted molar refractivity (Wildman–Crippen MR) is 74.8 cm³/mol. The number of carboxylic acids is 1. The van der Waals surface area contributed by atoms with Gasteiger partial charge in [0, 0.05) is 25.5 Å². The lowest BCUT2D eigenvalue weighted by atomic mass is 9.77. The molecule has 4 atom stereocenters. The second-order valence-corrected chi connectivity index (χ2v) is 6.15. The van der Waals surface area contributed by atoms with E-state index in [1.807, 2.05) is 16.8 Å². The number of fused-ring (bicyclic) bond motifs is 1. The maximum absolute atomic E-state index is 12.6. The lowest BCUT2D eigenvalue weighted by molar-refractivity contribution is -0.148. The molecule has 0 saturated carbocycles. The zero-order chi connectivity index (χ0) is 15.3. The molecule has 0 unspecified atom stereocenters. The molecule has 1 aromatic rings. The van der Waals surface area contributed by atoms with Crippen molar-refractivity contribution >= 4 is 11.9 Å². The first-order valence-electron chi connectivity index (χ1n) is 7.45. The third-order valence-electron chi connectivity index (χ3n) is 4.87. The van der Waals surface area contributed by atoms with Crippen molar-refractivity contribution in [1.29, 1.82) is 0 Å². The number of nitrogens with zero attached hydrogens (tertiary/aromatic N) is 3. The number of amides is 1. The minimum Gasteiger partial charge on any atom is -0.481 e. The molecule has 4 rings (SSSR count). The Morgan fingerprint density at radius 3 is 3.09 bits per heavy atom. The Labute approximate surface area is 127 Å². The van der Waals surface area contributed by atoms with Gasteiger partial charge in [-0.2, -0.15) is 0 Å². The Bertz CT molecular complexity index is 641. The minimum atomic E-state index is -0.949. The molecule has 3 aliphatic heterocycles. The number of hydrogen-bond donors (Lipinski definition) is 1. The molecular weight excluding hydrogens is 286 g/mol. The second-order valence-electron chi connectivity index (χ2n) is 6.15. The van der Waals surface area contributed by atoms with Crippen LogP contribution in [-0.4, -0.2) is 56.2 Å². The van der Waals surface area contributed by atoms with E-state index in [2.05, 4.69) is 4.98 Å². The van der Waals surface area contributed by atoms with Crippen molar-refractivity contribution < 1.29 is 19.4 Å². The normalized spacial score (nSPS) is 35.4. The molecule has 22 heavy (non-hydrogen) atoms. The Morgan fingerprint density at radius 1 is 1.50 bits per heavy atom. The number of rotatable bonds is 5. The monoisotopic (exact) mass is 303 g/mol. The number of likely N-dealkylation sites (tertiary alicyclic amines) is 1. The summed E-state index contributed by atoms with van der Waals surface area (Å²) in [7, 11) is 0. The van der Waals surface area contributed by atoms with E-state index in [9.17, 15) is 14.7 Å². The van der Waals surface area contributed by atoms with Crippen LogP contribution in [0.4, 0.5) is 0 Å². The molecule has 0 aromatic carbocycles. The standard InChI is InChI=1S/C15H17N3O4/c19-13-12-11(14(20)21)10-2-3-15(12,22-10)8-18(13)6-1-5-17-7-4-16-9-17/h2-4,7,9-12H,1,5-6,8H2,(H,20,21)/t10-,11+,12-,15+/m0/s1. The van der Waals surface area contributed by atoms with Gasteiger partial charge in [-0.05, 0) is 6.42 Å². The molecule has 7 heteroatoms. The van der Waals surface area contributed by atoms with Crippen molar-refractivity contribution in [3.05, 3.63) is 30.9 Å². The Kier molecular flexibility index (Phi) is 2.87. The van der Waals surface area contributed by atoms with Crippen LogP contribution in [0, 0.1) is 11.8 Å². The van der Waals surface area contributed by atoms with Gasteiger partial charge in [-0.15, -0.1) is 0 Å². The van der Waals surface area contributed by atoms with Crippen molar-refractivity contribution in [3.63, 3.8) is 0 Å². The van der Waals surface area contributed by atoms with Crippen LogP contribution in [0.1, 0.15) is 6.42 Å². The van der Waals surface area contributed by atoms with Crippen molar-refractivity contribution in [2.75, 3.05) is 13.1 Å². The zero-order valence-electron chi connectivity index (χ0n) is 12.0. The van der Waals surface area contributed by atoms with E-state index >= 15 is 0 Å². The van der Waals surface area contributed by atoms with Crippen LogP contribution >= 0.6 is 0 Å². The summed E-state index contributed by atoms with van der Waals surface area (Å²) >= 11 is 0. The van der Waals surface area contributed by atoms with Crippen LogP contribution in [0.25, 0.3) is 0 Å². The first-order valence-corrected chi connectivity index (χ1v) is 7.45. The number of aliphatic carboxylic acids is 1. The molecule has 0 radical (unpaired) electrons. The van der Waals surface area contributed by atoms with Gasteiger partial charge < -0.3 is 19.3 Å². The summed E-state index contributed by atoms with van der Waals surface area (Å²) in [4.78, 5) is 29.8. The maximum atomic E-state index is 12.6. The Balaban J connectivity index is 1.45. The lowest BCUT2D eigenvalue weighted by Crippen LogP contribution is -2.39. The summed E-state index contributed by atoms with van der Waals surface area (Å²) in [6.07, 6.45) is 9.36. The summed E-state index contributed by atoms with van der Waals surface area (Å²) in [5.74, 6) is -2.37. The largest absolute Gasteiger partial charge is 0.481 e. The molecule has 1 N–H and O–H groups in total. The van der Waals surface area contributed by atoms with Crippen LogP contribution in [0.2, 0.25) is 0 Å². The highest BCUT2D eigenvalue weighted by Crippen LogP contribution is 2.51.